The summed E-state index contributed by atoms with van der Waals surface area (Å²) >= 11 is 0. The van der Waals surface area contributed by atoms with Crippen molar-refractivity contribution < 1.29 is 18.8 Å². The van der Waals surface area contributed by atoms with Gasteiger partial charge in [-0.15, -0.1) is 0 Å². The molecule has 2 aromatic rings. The van der Waals surface area contributed by atoms with Crippen molar-refractivity contribution in [2.45, 2.75) is 38.8 Å². The van der Waals surface area contributed by atoms with Crippen molar-refractivity contribution in [1.29, 1.82) is 0 Å². The molecule has 126 valence electrons. The molecule has 2 aromatic heterocycles. The van der Waals surface area contributed by atoms with Gasteiger partial charge < -0.3 is 19.9 Å². The van der Waals surface area contributed by atoms with Gasteiger partial charge in [0, 0.05) is 18.3 Å². The van der Waals surface area contributed by atoms with Gasteiger partial charge in [-0.25, -0.2) is 9.78 Å². The molecule has 24 heavy (non-hydrogen) atoms. The molecule has 3 rings (SSSR count). The first kappa shape index (κ1) is 16.0. The zero-order chi connectivity index (χ0) is 17.1. The maximum Gasteiger partial charge on any atom is 0.340 e. The number of amides is 1. The molecule has 0 spiro atoms. The van der Waals surface area contributed by atoms with Gasteiger partial charge in [0.1, 0.15) is 11.6 Å². The first-order chi connectivity index (χ1) is 11.5. The molecule has 0 aromatic carbocycles. The van der Waals surface area contributed by atoms with Crippen LogP contribution in [-0.2, 0) is 9.53 Å². The second-order valence-corrected chi connectivity index (χ2v) is 5.71. The molecule has 0 radical (unpaired) electrons. The number of anilines is 2. The molecule has 1 aliphatic rings. The fraction of sp³-hybridized carbons (Fsp3) is 0.375. The third kappa shape index (κ3) is 4.09. The number of nitrogens with one attached hydrogen (secondary N) is 2. The van der Waals surface area contributed by atoms with E-state index in [0.717, 1.165) is 18.7 Å². The minimum atomic E-state index is -0.973. The van der Waals surface area contributed by atoms with E-state index >= 15 is 0 Å². The molecule has 1 aliphatic carbocycles. The normalized spacial score (nSPS) is 14.8. The maximum absolute atomic E-state index is 12.1. The Bertz CT molecular complexity index is 737. The standard InChI is InChI=1S/C16H18N4O4/c1-9-7-14(20-24-9)19-15(21)10(2)23-16(22)11-3-6-13(17-8-11)18-12-4-5-12/h3,6-8,10,12H,4-5H2,1-2H3,(H,17,18)(H,19,20,21). The van der Waals surface area contributed by atoms with Crippen LogP contribution in [-0.4, -0.2) is 34.2 Å². The molecule has 0 aliphatic heterocycles. The fourth-order valence-corrected chi connectivity index (χ4v) is 1.97. The van der Waals surface area contributed by atoms with E-state index in [4.69, 9.17) is 9.26 Å². The van der Waals surface area contributed by atoms with E-state index in [1.54, 1.807) is 25.1 Å². The molecule has 0 bridgehead atoms. The highest BCUT2D eigenvalue weighted by molar-refractivity contribution is 5.96. The average Bonchev–Trinajstić information content (AvgIpc) is 3.28. The molecule has 2 heterocycles. The lowest BCUT2D eigenvalue weighted by Gasteiger charge is -2.12. The molecule has 1 atom stereocenters. The van der Waals surface area contributed by atoms with E-state index in [0.29, 0.717) is 11.8 Å². The van der Waals surface area contributed by atoms with Gasteiger partial charge in [0.25, 0.3) is 5.91 Å². The summed E-state index contributed by atoms with van der Waals surface area (Å²) in [6.45, 7) is 3.19. The largest absolute Gasteiger partial charge is 0.449 e. The van der Waals surface area contributed by atoms with E-state index in [1.165, 1.54) is 13.1 Å². The van der Waals surface area contributed by atoms with Crippen LogP contribution in [0.15, 0.2) is 28.9 Å². The fourth-order valence-electron chi connectivity index (χ4n) is 1.97. The van der Waals surface area contributed by atoms with E-state index in [1.807, 2.05) is 0 Å². The molecule has 1 amide bonds. The van der Waals surface area contributed by atoms with Crippen molar-refractivity contribution >= 4 is 23.5 Å². The minimum Gasteiger partial charge on any atom is -0.449 e. The van der Waals surface area contributed by atoms with E-state index in [2.05, 4.69) is 20.8 Å². The van der Waals surface area contributed by atoms with Gasteiger partial charge in [0.05, 0.1) is 5.56 Å². The number of pyridine rings is 1. The third-order valence-electron chi connectivity index (χ3n) is 3.46. The number of carbonyl (C=O) groups is 2. The zero-order valence-corrected chi connectivity index (χ0v) is 13.4. The van der Waals surface area contributed by atoms with Crippen LogP contribution >= 0.6 is 0 Å². The Hall–Kier alpha value is -2.90. The van der Waals surface area contributed by atoms with Crippen LogP contribution in [0.4, 0.5) is 11.6 Å². The number of hydrogen-bond acceptors (Lipinski definition) is 7. The summed E-state index contributed by atoms with van der Waals surface area (Å²) in [4.78, 5) is 28.2. The van der Waals surface area contributed by atoms with Crippen molar-refractivity contribution in [3.63, 3.8) is 0 Å². The predicted molar refractivity (Wildman–Crippen MR) is 85.6 cm³/mol. The van der Waals surface area contributed by atoms with Gasteiger partial charge in [0.15, 0.2) is 11.9 Å². The van der Waals surface area contributed by atoms with E-state index in [9.17, 15) is 9.59 Å². The van der Waals surface area contributed by atoms with Crippen molar-refractivity contribution in [2.75, 3.05) is 10.6 Å². The second kappa shape index (κ2) is 6.69. The highest BCUT2D eigenvalue weighted by atomic mass is 16.5. The topological polar surface area (TPSA) is 106 Å². The maximum atomic E-state index is 12.1. The summed E-state index contributed by atoms with van der Waals surface area (Å²) in [5.41, 5.74) is 0.285. The number of ether oxygens (including phenoxy) is 1. The van der Waals surface area contributed by atoms with Gasteiger partial charge >= 0.3 is 5.97 Å². The Kier molecular flexibility index (Phi) is 4.45. The Morgan fingerprint density at radius 3 is 2.71 bits per heavy atom. The van der Waals surface area contributed by atoms with Gasteiger partial charge in [-0.1, -0.05) is 5.16 Å². The minimum absolute atomic E-state index is 0.276. The molecule has 1 unspecified atom stereocenters. The number of esters is 1. The number of aryl methyl sites for hydroxylation is 1. The number of carbonyl (C=O) groups excluding carboxylic acids is 2. The molecular formula is C16H18N4O4. The average molecular weight is 330 g/mol. The van der Waals surface area contributed by atoms with Crippen LogP contribution in [0.2, 0.25) is 0 Å². The van der Waals surface area contributed by atoms with Crippen LogP contribution < -0.4 is 10.6 Å². The Labute approximate surface area is 138 Å². The molecular weight excluding hydrogens is 312 g/mol. The summed E-state index contributed by atoms with van der Waals surface area (Å²) in [7, 11) is 0. The highest BCUT2D eigenvalue weighted by Gasteiger charge is 2.22. The Balaban J connectivity index is 1.53. The molecule has 1 fully saturated rings. The Morgan fingerprint density at radius 2 is 2.12 bits per heavy atom. The lowest BCUT2D eigenvalue weighted by atomic mass is 10.3. The smallest absolute Gasteiger partial charge is 0.340 e. The molecule has 2 N–H and O–H groups in total. The van der Waals surface area contributed by atoms with Crippen LogP contribution in [0, 0.1) is 6.92 Å². The number of hydrogen-bond donors (Lipinski definition) is 2. The summed E-state index contributed by atoms with van der Waals surface area (Å²) in [5.74, 6) is 0.468. The first-order valence-electron chi connectivity index (χ1n) is 7.69. The summed E-state index contributed by atoms with van der Waals surface area (Å²) in [6, 6.07) is 5.39. The lowest BCUT2D eigenvalue weighted by molar-refractivity contribution is -0.123. The summed E-state index contributed by atoms with van der Waals surface area (Å²) in [6.07, 6.45) is 2.74. The first-order valence-corrected chi connectivity index (χ1v) is 7.69. The highest BCUT2D eigenvalue weighted by Crippen LogP contribution is 2.23. The Morgan fingerprint density at radius 1 is 1.33 bits per heavy atom. The number of rotatable bonds is 6. The molecule has 1 saturated carbocycles. The zero-order valence-electron chi connectivity index (χ0n) is 13.4. The van der Waals surface area contributed by atoms with E-state index < -0.39 is 18.0 Å². The second-order valence-electron chi connectivity index (χ2n) is 5.71. The van der Waals surface area contributed by atoms with Gasteiger partial charge in [-0.2, -0.15) is 0 Å². The molecule has 8 nitrogen and oxygen atoms in total. The molecule has 0 saturated heterocycles. The van der Waals surface area contributed by atoms with Crippen LogP contribution in [0.5, 0.6) is 0 Å². The van der Waals surface area contributed by atoms with Gasteiger partial charge in [-0.05, 0) is 38.8 Å². The predicted octanol–water partition coefficient (Wildman–Crippen LogP) is 2.14. The van der Waals surface area contributed by atoms with Crippen LogP contribution in [0.25, 0.3) is 0 Å². The quantitative estimate of drug-likeness (QED) is 0.781. The van der Waals surface area contributed by atoms with Crippen molar-refractivity contribution in [3.8, 4) is 0 Å². The summed E-state index contributed by atoms with van der Waals surface area (Å²) < 4.78 is 9.99. The molecule has 8 heteroatoms. The van der Waals surface area contributed by atoms with Crippen molar-refractivity contribution in [3.05, 3.63) is 35.7 Å². The van der Waals surface area contributed by atoms with Gasteiger partial charge in [-0.3, -0.25) is 4.79 Å². The van der Waals surface area contributed by atoms with Crippen molar-refractivity contribution in [1.82, 2.24) is 10.1 Å². The van der Waals surface area contributed by atoms with Crippen LogP contribution in [0.3, 0.4) is 0 Å². The van der Waals surface area contributed by atoms with Crippen LogP contribution in [0.1, 0.15) is 35.9 Å². The van der Waals surface area contributed by atoms with Gasteiger partial charge in [0.2, 0.25) is 0 Å². The summed E-state index contributed by atoms with van der Waals surface area (Å²) in [5, 5.41) is 9.39. The number of nitrogens with zero attached hydrogens (tertiary/aromatic N) is 2. The SMILES string of the molecule is Cc1cc(NC(=O)C(C)OC(=O)c2ccc(NC3CC3)nc2)no1. The number of aromatic nitrogens is 2. The van der Waals surface area contributed by atoms with E-state index in [-0.39, 0.29) is 11.4 Å². The lowest BCUT2D eigenvalue weighted by Crippen LogP contribution is -2.30. The third-order valence-corrected chi connectivity index (χ3v) is 3.46. The van der Waals surface area contributed by atoms with Crippen molar-refractivity contribution in [2.24, 2.45) is 0 Å². The monoisotopic (exact) mass is 330 g/mol.